The van der Waals surface area contributed by atoms with Crippen molar-refractivity contribution >= 4 is 43.3 Å². The Labute approximate surface area is 261 Å². The molecule has 1 aromatic heterocycles. The van der Waals surface area contributed by atoms with Crippen molar-refractivity contribution in [3.05, 3.63) is 170 Å². The summed E-state index contributed by atoms with van der Waals surface area (Å²) in [5.74, 6) is 0.889. The van der Waals surface area contributed by atoms with Crippen LogP contribution < -0.4 is 0 Å². The van der Waals surface area contributed by atoms with E-state index in [0.717, 1.165) is 22.3 Å². The third-order valence-electron chi connectivity index (χ3n) is 9.07. The first kappa shape index (κ1) is 25.6. The fourth-order valence-corrected chi connectivity index (χ4v) is 6.87. The number of benzene rings is 8. The smallest absolute Gasteiger partial charge is 0.135 e. The third kappa shape index (κ3) is 4.32. The number of hydrogen-bond acceptors (Lipinski definition) is 1. The molecule has 9 aromatic rings. The highest BCUT2D eigenvalue weighted by molar-refractivity contribution is 6.21. The van der Waals surface area contributed by atoms with Crippen LogP contribution in [0.25, 0.3) is 88.0 Å². The average Bonchev–Trinajstić information content (AvgIpc) is 3.55. The zero-order valence-corrected chi connectivity index (χ0v) is 24.6. The van der Waals surface area contributed by atoms with Gasteiger partial charge in [0.05, 0.1) is 0 Å². The Morgan fingerprint density at radius 2 is 0.733 bits per heavy atom. The summed E-state index contributed by atoms with van der Waals surface area (Å²) >= 11 is 0. The Kier molecular flexibility index (Phi) is 5.89. The molecule has 0 aliphatic heterocycles. The molecule has 0 aliphatic carbocycles. The van der Waals surface area contributed by atoms with Crippen molar-refractivity contribution in [2.75, 3.05) is 0 Å². The summed E-state index contributed by atoms with van der Waals surface area (Å²) in [6, 6.07) is 61.1. The summed E-state index contributed by atoms with van der Waals surface area (Å²) in [4.78, 5) is 0. The fraction of sp³-hybridized carbons (Fsp3) is 0. The van der Waals surface area contributed by atoms with Crippen molar-refractivity contribution < 1.29 is 4.42 Å². The topological polar surface area (TPSA) is 13.1 Å². The molecule has 0 amide bonds. The average molecular weight is 573 g/mol. The Bertz CT molecular complexity index is 2420. The van der Waals surface area contributed by atoms with Gasteiger partial charge < -0.3 is 4.42 Å². The van der Waals surface area contributed by atoms with E-state index in [-0.39, 0.29) is 0 Å². The highest BCUT2D eigenvalue weighted by Gasteiger charge is 2.17. The minimum atomic E-state index is 0.889. The third-order valence-corrected chi connectivity index (χ3v) is 9.07. The van der Waals surface area contributed by atoms with Crippen LogP contribution in [0.5, 0.6) is 0 Å². The van der Waals surface area contributed by atoms with Crippen molar-refractivity contribution in [3.63, 3.8) is 0 Å². The second kappa shape index (κ2) is 10.4. The fourth-order valence-electron chi connectivity index (χ4n) is 6.87. The number of rotatable bonds is 4. The molecule has 0 saturated carbocycles. The molecule has 0 bridgehead atoms. The first-order valence-electron chi connectivity index (χ1n) is 15.4. The number of para-hydroxylation sites is 1. The molecular formula is C44H28O. The van der Waals surface area contributed by atoms with Crippen LogP contribution in [0.1, 0.15) is 0 Å². The molecule has 0 aliphatic rings. The van der Waals surface area contributed by atoms with E-state index < -0.39 is 0 Å². The van der Waals surface area contributed by atoms with E-state index in [9.17, 15) is 0 Å². The lowest BCUT2D eigenvalue weighted by atomic mass is 9.85. The molecule has 0 radical (unpaired) electrons. The largest absolute Gasteiger partial charge is 0.456 e. The van der Waals surface area contributed by atoms with Gasteiger partial charge in [-0.2, -0.15) is 0 Å². The molecule has 0 fully saturated rings. The lowest BCUT2D eigenvalue weighted by Gasteiger charge is -2.18. The van der Waals surface area contributed by atoms with E-state index in [0.29, 0.717) is 0 Å². The lowest BCUT2D eigenvalue weighted by molar-refractivity contribution is 0.631. The maximum atomic E-state index is 6.16. The normalized spacial score (nSPS) is 11.6. The second-order valence-corrected chi connectivity index (χ2v) is 11.7. The zero-order chi connectivity index (χ0) is 29.7. The Morgan fingerprint density at radius 3 is 1.31 bits per heavy atom. The molecule has 0 atom stereocenters. The first-order chi connectivity index (χ1) is 22.3. The van der Waals surface area contributed by atoms with Crippen molar-refractivity contribution in [3.8, 4) is 44.7 Å². The van der Waals surface area contributed by atoms with E-state index in [1.54, 1.807) is 0 Å². The van der Waals surface area contributed by atoms with Crippen molar-refractivity contribution in [1.29, 1.82) is 0 Å². The molecule has 1 nitrogen and oxygen atoms in total. The monoisotopic (exact) mass is 572 g/mol. The molecule has 0 N–H and O–H groups in total. The van der Waals surface area contributed by atoms with E-state index in [4.69, 9.17) is 4.42 Å². The Morgan fingerprint density at radius 1 is 0.289 bits per heavy atom. The van der Waals surface area contributed by atoms with Crippen molar-refractivity contribution in [1.82, 2.24) is 0 Å². The number of hydrogen-bond donors (Lipinski definition) is 0. The summed E-state index contributed by atoms with van der Waals surface area (Å²) in [5, 5.41) is 8.66. The van der Waals surface area contributed by atoms with Crippen LogP contribution in [0.2, 0.25) is 0 Å². The van der Waals surface area contributed by atoms with Gasteiger partial charge in [0.15, 0.2) is 0 Å². The van der Waals surface area contributed by atoms with Crippen molar-refractivity contribution in [2.45, 2.75) is 0 Å². The summed E-state index contributed by atoms with van der Waals surface area (Å²) in [6.07, 6.45) is 0. The van der Waals surface area contributed by atoms with E-state index >= 15 is 0 Å². The molecule has 210 valence electrons. The predicted molar refractivity (Wildman–Crippen MR) is 190 cm³/mol. The van der Waals surface area contributed by atoms with Crippen LogP contribution in [-0.2, 0) is 0 Å². The molecule has 9 rings (SSSR count). The molecule has 1 heteroatoms. The second-order valence-electron chi connectivity index (χ2n) is 11.7. The first-order valence-corrected chi connectivity index (χ1v) is 15.4. The van der Waals surface area contributed by atoms with E-state index in [2.05, 4.69) is 152 Å². The molecular weight excluding hydrogens is 544 g/mol. The van der Waals surface area contributed by atoms with Gasteiger partial charge in [-0.25, -0.2) is 0 Å². The van der Waals surface area contributed by atoms with Gasteiger partial charge in [0.1, 0.15) is 11.3 Å². The van der Waals surface area contributed by atoms with E-state index in [1.165, 1.54) is 65.7 Å². The van der Waals surface area contributed by atoms with E-state index in [1.807, 2.05) is 18.2 Å². The number of furan rings is 1. The molecule has 0 saturated heterocycles. The molecule has 1 heterocycles. The highest BCUT2D eigenvalue weighted by Crippen LogP contribution is 2.44. The zero-order valence-electron chi connectivity index (χ0n) is 24.6. The van der Waals surface area contributed by atoms with Gasteiger partial charge in [0, 0.05) is 10.9 Å². The SMILES string of the molecule is c1ccc2cc(-c3ccc(-c4c5ccccc5c(-c5ccc(-c6cc7ccccc7o6)cc5)c5ccccc45)cc3)ccc2c1. The quantitative estimate of drug-likeness (QED) is 0.191. The van der Waals surface area contributed by atoms with Gasteiger partial charge in [0.2, 0.25) is 0 Å². The Hall–Kier alpha value is -5.92. The molecule has 0 spiro atoms. The van der Waals surface area contributed by atoms with Gasteiger partial charge in [-0.1, -0.05) is 152 Å². The van der Waals surface area contributed by atoms with Crippen LogP contribution in [-0.4, -0.2) is 0 Å². The van der Waals surface area contributed by atoms with Crippen LogP contribution in [0.3, 0.4) is 0 Å². The van der Waals surface area contributed by atoms with Gasteiger partial charge in [-0.15, -0.1) is 0 Å². The Balaban J connectivity index is 1.17. The van der Waals surface area contributed by atoms with Crippen molar-refractivity contribution in [2.24, 2.45) is 0 Å². The predicted octanol–water partition coefficient (Wildman–Crippen LogP) is 12.6. The van der Waals surface area contributed by atoms with Gasteiger partial charge in [-0.05, 0) is 83.9 Å². The number of fused-ring (bicyclic) bond motifs is 4. The van der Waals surface area contributed by atoms with Crippen LogP contribution in [0.4, 0.5) is 0 Å². The lowest BCUT2D eigenvalue weighted by Crippen LogP contribution is -1.91. The van der Waals surface area contributed by atoms with Crippen LogP contribution in [0.15, 0.2) is 174 Å². The van der Waals surface area contributed by atoms with Crippen LogP contribution in [0, 0.1) is 0 Å². The standard InChI is InChI=1S/C44H28O/c1-2-10-34-27-35(26-19-29(34)9-1)30-17-22-32(23-18-30)43-37-12-4-6-14-39(37)44(40-15-7-5-13-38(40)43)33-24-20-31(21-25-33)42-28-36-11-3-8-16-41(36)45-42/h1-28H. The minimum Gasteiger partial charge on any atom is -0.456 e. The summed E-state index contributed by atoms with van der Waals surface area (Å²) in [7, 11) is 0. The molecule has 45 heavy (non-hydrogen) atoms. The maximum absolute atomic E-state index is 6.16. The summed E-state index contributed by atoms with van der Waals surface area (Å²) < 4.78 is 6.16. The molecule has 0 unspecified atom stereocenters. The maximum Gasteiger partial charge on any atom is 0.135 e. The van der Waals surface area contributed by atoms with Gasteiger partial charge in [0.25, 0.3) is 0 Å². The van der Waals surface area contributed by atoms with Gasteiger partial charge in [-0.3, -0.25) is 0 Å². The van der Waals surface area contributed by atoms with Gasteiger partial charge >= 0.3 is 0 Å². The highest BCUT2D eigenvalue weighted by atomic mass is 16.3. The molecule has 8 aromatic carbocycles. The van der Waals surface area contributed by atoms with Crippen LogP contribution >= 0.6 is 0 Å². The minimum absolute atomic E-state index is 0.889. The summed E-state index contributed by atoms with van der Waals surface area (Å²) in [5.41, 5.74) is 9.39. The summed E-state index contributed by atoms with van der Waals surface area (Å²) in [6.45, 7) is 0.